The molecule has 19 heteroatoms. The summed E-state index contributed by atoms with van der Waals surface area (Å²) in [6, 6.07) is 0. The van der Waals surface area contributed by atoms with E-state index in [9.17, 15) is 43.2 Å². The third-order valence-corrected chi connectivity index (χ3v) is 20.1. The molecule has 0 aromatic rings. The number of phosphoric ester groups is 2. The minimum atomic E-state index is -4.96. The van der Waals surface area contributed by atoms with E-state index in [1.807, 2.05) is 0 Å². The molecule has 6 atom stereocenters. The largest absolute Gasteiger partial charge is 0.472 e. The van der Waals surface area contributed by atoms with Crippen LogP contribution in [0.5, 0.6) is 0 Å². The average molecular weight is 1410 g/mol. The molecule has 3 N–H and O–H groups in total. The monoisotopic (exact) mass is 1410 g/mol. The fraction of sp³-hybridized carbons (Fsp3) is 0.948. The van der Waals surface area contributed by atoms with Crippen LogP contribution in [0.2, 0.25) is 0 Å². The average Bonchev–Trinajstić information content (AvgIpc) is 1.16. The van der Waals surface area contributed by atoms with Crippen molar-refractivity contribution in [3.05, 3.63) is 0 Å². The summed E-state index contributed by atoms with van der Waals surface area (Å²) in [4.78, 5) is 72.8. The maximum absolute atomic E-state index is 13.1. The summed E-state index contributed by atoms with van der Waals surface area (Å²) in [6.07, 6.45) is 54.2. The summed E-state index contributed by atoms with van der Waals surface area (Å²) in [6.45, 7) is 11.8. The second kappa shape index (κ2) is 67.5. The van der Waals surface area contributed by atoms with Crippen LogP contribution >= 0.6 is 15.6 Å². The molecule has 0 bridgehead atoms. The Balaban J connectivity index is 5.23. The molecule has 0 aliphatic rings. The van der Waals surface area contributed by atoms with Crippen LogP contribution in [-0.4, -0.2) is 96.7 Å². The van der Waals surface area contributed by atoms with Gasteiger partial charge in [-0.1, -0.05) is 344 Å². The topological polar surface area (TPSA) is 237 Å². The number of unbranched alkanes of at least 4 members (excludes halogenated alkanes) is 42. The van der Waals surface area contributed by atoms with Gasteiger partial charge in [0.25, 0.3) is 0 Å². The molecular formula is C77H150O17P2. The van der Waals surface area contributed by atoms with Crippen molar-refractivity contribution in [2.75, 3.05) is 39.6 Å². The molecule has 96 heavy (non-hydrogen) atoms. The Morgan fingerprint density at radius 3 is 0.792 bits per heavy atom. The normalized spacial score (nSPS) is 14.3. The Kier molecular flexibility index (Phi) is 66.2. The van der Waals surface area contributed by atoms with Crippen molar-refractivity contribution >= 4 is 39.5 Å². The first-order valence-electron chi connectivity index (χ1n) is 39.9. The van der Waals surface area contributed by atoms with Crippen LogP contribution in [0.25, 0.3) is 0 Å². The first-order chi connectivity index (χ1) is 46.3. The van der Waals surface area contributed by atoms with Gasteiger partial charge in [-0.25, -0.2) is 9.13 Å². The molecule has 0 aliphatic carbocycles. The maximum Gasteiger partial charge on any atom is 0.472 e. The van der Waals surface area contributed by atoms with E-state index in [-0.39, 0.29) is 25.7 Å². The van der Waals surface area contributed by atoms with Crippen molar-refractivity contribution < 1.29 is 80.2 Å². The molecule has 0 saturated carbocycles. The van der Waals surface area contributed by atoms with Crippen LogP contribution in [0, 0.1) is 17.8 Å². The Labute approximate surface area is 588 Å². The molecule has 0 aromatic heterocycles. The first kappa shape index (κ1) is 94.1. The summed E-state index contributed by atoms with van der Waals surface area (Å²) >= 11 is 0. The number of carbonyl (C=O) groups excluding carboxylic acids is 4. The highest BCUT2D eigenvalue weighted by molar-refractivity contribution is 7.47. The highest BCUT2D eigenvalue weighted by Crippen LogP contribution is 2.45. The number of rotatable bonds is 75. The number of phosphoric acid groups is 2. The van der Waals surface area contributed by atoms with Gasteiger partial charge in [0.2, 0.25) is 0 Å². The van der Waals surface area contributed by atoms with Gasteiger partial charge in [0.05, 0.1) is 26.4 Å². The highest BCUT2D eigenvalue weighted by Gasteiger charge is 2.30. The molecule has 0 fully saturated rings. The van der Waals surface area contributed by atoms with Crippen LogP contribution in [0.1, 0.15) is 395 Å². The third kappa shape index (κ3) is 69.2. The quantitative estimate of drug-likeness (QED) is 0.0222. The zero-order valence-corrected chi connectivity index (χ0v) is 64.6. The van der Waals surface area contributed by atoms with Crippen molar-refractivity contribution in [1.29, 1.82) is 0 Å². The molecule has 0 radical (unpaired) electrons. The van der Waals surface area contributed by atoms with Gasteiger partial charge in [0.1, 0.15) is 19.3 Å². The maximum atomic E-state index is 13.1. The van der Waals surface area contributed by atoms with Crippen LogP contribution in [0.4, 0.5) is 0 Å². The molecule has 0 aliphatic heterocycles. The second-order valence-electron chi connectivity index (χ2n) is 28.9. The van der Waals surface area contributed by atoms with Gasteiger partial charge in [-0.2, -0.15) is 0 Å². The zero-order chi connectivity index (χ0) is 70.9. The fourth-order valence-electron chi connectivity index (χ4n) is 11.7. The summed E-state index contributed by atoms with van der Waals surface area (Å²) in [5, 5.41) is 10.6. The minimum absolute atomic E-state index is 0.104. The van der Waals surface area contributed by atoms with E-state index in [1.54, 1.807) is 0 Å². The van der Waals surface area contributed by atoms with E-state index in [2.05, 4.69) is 48.5 Å². The van der Waals surface area contributed by atoms with E-state index >= 15 is 0 Å². The van der Waals surface area contributed by atoms with Crippen molar-refractivity contribution in [3.8, 4) is 0 Å². The minimum Gasteiger partial charge on any atom is -0.462 e. The lowest BCUT2D eigenvalue weighted by Crippen LogP contribution is -2.30. The second-order valence-corrected chi connectivity index (χ2v) is 31.8. The van der Waals surface area contributed by atoms with E-state index in [0.717, 1.165) is 114 Å². The summed E-state index contributed by atoms with van der Waals surface area (Å²) in [5.74, 6) is 0.129. The fourth-order valence-corrected chi connectivity index (χ4v) is 13.3. The first-order valence-corrected chi connectivity index (χ1v) is 42.9. The molecule has 17 nitrogen and oxygen atoms in total. The molecular weight excluding hydrogens is 1260 g/mol. The Morgan fingerprint density at radius 1 is 0.302 bits per heavy atom. The molecule has 0 aromatic carbocycles. The van der Waals surface area contributed by atoms with Crippen LogP contribution in [0.15, 0.2) is 0 Å². The lowest BCUT2D eigenvalue weighted by molar-refractivity contribution is -0.161. The summed E-state index contributed by atoms with van der Waals surface area (Å²) < 4.78 is 68.5. The van der Waals surface area contributed by atoms with E-state index in [1.165, 1.54) is 199 Å². The summed E-state index contributed by atoms with van der Waals surface area (Å²) in [7, 11) is -9.91. The number of hydrogen-bond donors (Lipinski definition) is 3. The van der Waals surface area contributed by atoms with Gasteiger partial charge in [-0.15, -0.1) is 0 Å². The Bertz CT molecular complexity index is 1870. The SMILES string of the molecule is CCCCCCCCCCCCCCCCCCCCC(=O)O[C@H](COC(=O)CCCCCCCCCCCCCCCCC(C)C)COP(=O)(O)OC[C@@H](O)COP(=O)(O)OC[C@@H](COC(=O)CCCCCCCCC(C)CC)OC(=O)CCCCCCCCCCC(C)C. The van der Waals surface area contributed by atoms with Gasteiger partial charge >= 0.3 is 39.5 Å². The van der Waals surface area contributed by atoms with Gasteiger partial charge in [0, 0.05) is 25.7 Å². The van der Waals surface area contributed by atoms with Crippen molar-refractivity contribution in [2.24, 2.45) is 17.8 Å². The number of hydrogen-bond acceptors (Lipinski definition) is 15. The van der Waals surface area contributed by atoms with Crippen molar-refractivity contribution in [2.45, 2.75) is 414 Å². The molecule has 3 unspecified atom stereocenters. The number of ether oxygens (including phenoxy) is 4. The predicted molar refractivity (Wildman–Crippen MR) is 391 cm³/mol. The van der Waals surface area contributed by atoms with Gasteiger partial charge in [-0.05, 0) is 43.4 Å². The molecule has 0 spiro atoms. The van der Waals surface area contributed by atoms with E-state index in [4.69, 9.17) is 37.0 Å². The lowest BCUT2D eigenvalue weighted by atomic mass is 10.00. The lowest BCUT2D eigenvalue weighted by Gasteiger charge is -2.21. The standard InChI is InChI=1S/C77H150O17P2/c1-8-10-11-12-13-14-15-16-17-18-19-20-25-28-31-37-46-53-60-76(81)93-72(64-87-74(79)58-51-44-36-30-27-24-22-21-23-26-29-34-41-48-55-68(3)4)66-91-95(83,84)89-62-71(78)63-90-96(85,86)92-67-73(65-88-75(80)59-52-45-40-39-43-50-57-70(7)9-2)94-77(82)61-54-47-38-33-32-35-42-49-56-69(5)6/h68-73,78H,8-67H2,1-7H3,(H,83,84)(H,85,86)/t70?,71-,72-,73-/m1/s1. The number of carbonyl (C=O) groups is 4. The Morgan fingerprint density at radius 2 is 0.531 bits per heavy atom. The highest BCUT2D eigenvalue weighted by atomic mass is 31.2. The molecule has 0 rings (SSSR count). The smallest absolute Gasteiger partial charge is 0.462 e. The van der Waals surface area contributed by atoms with Gasteiger partial charge in [0.15, 0.2) is 12.2 Å². The van der Waals surface area contributed by atoms with Crippen molar-refractivity contribution in [3.63, 3.8) is 0 Å². The van der Waals surface area contributed by atoms with Gasteiger partial charge < -0.3 is 33.8 Å². The third-order valence-electron chi connectivity index (χ3n) is 18.2. The van der Waals surface area contributed by atoms with Gasteiger partial charge in [-0.3, -0.25) is 37.3 Å². The molecule has 0 heterocycles. The number of esters is 4. The van der Waals surface area contributed by atoms with E-state index in [0.29, 0.717) is 25.7 Å². The molecule has 0 amide bonds. The summed E-state index contributed by atoms with van der Waals surface area (Å²) in [5.41, 5.74) is 0. The number of aliphatic hydroxyl groups is 1. The predicted octanol–water partition coefficient (Wildman–Crippen LogP) is 22.6. The molecule has 0 saturated heterocycles. The van der Waals surface area contributed by atoms with Crippen LogP contribution in [0.3, 0.4) is 0 Å². The van der Waals surface area contributed by atoms with E-state index < -0.39 is 97.5 Å². The molecule has 570 valence electrons. The Hall–Kier alpha value is -1.94. The zero-order valence-electron chi connectivity index (χ0n) is 62.8. The van der Waals surface area contributed by atoms with Crippen molar-refractivity contribution in [1.82, 2.24) is 0 Å². The van der Waals surface area contributed by atoms with Crippen LogP contribution < -0.4 is 0 Å². The van der Waals surface area contributed by atoms with Crippen LogP contribution in [-0.2, 0) is 65.4 Å². The number of aliphatic hydroxyl groups excluding tert-OH is 1.